The molecule has 0 fully saturated rings. The first kappa shape index (κ1) is 13.2. The molecule has 0 bridgehead atoms. The van der Waals surface area contributed by atoms with Gasteiger partial charge in [-0.1, -0.05) is 6.08 Å². The number of hydrogen-bond donors (Lipinski definition) is 3. The van der Waals surface area contributed by atoms with Crippen molar-refractivity contribution < 1.29 is 20.1 Å². The predicted molar refractivity (Wildman–Crippen MR) is 42.3 cm³/mol. The molecule has 0 aliphatic rings. The molecule has 0 amide bonds. The second-order valence-electron chi connectivity index (χ2n) is 1.76. The number of ether oxygens (including phenoxy) is 1. The van der Waals surface area contributed by atoms with Crippen molar-refractivity contribution in [3.05, 3.63) is 12.7 Å². The zero-order valence-electron chi connectivity index (χ0n) is 6.73. The lowest BCUT2D eigenvalue weighted by Gasteiger charge is -1.96. The largest absolute Gasteiger partial charge is 0.394 e. The Morgan fingerprint density at radius 1 is 1.45 bits per heavy atom. The fourth-order valence-corrected chi connectivity index (χ4v) is 0.176. The van der Waals surface area contributed by atoms with Crippen molar-refractivity contribution in [1.29, 1.82) is 0 Å². The SMILES string of the molecule is C=CCOC.OCC(O)CO. The average molecular weight is 164 g/mol. The van der Waals surface area contributed by atoms with E-state index in [4.69, 9.17) is 15.3 Å². The van der Waals surface area contributed by atoms with Crippen molar-refractivity contribution in [3.63, 3.8) is 0 Å². The smallest absolute Gasteiger partial charge is 0.100 e. The van der Waals surface area contributed by atoms with Gasteiger partial charge in [0.2, 0.25) is 0 Å². The van der Waals surface area contributed by atoms with E-state index in [1.165, 1.54) is 0 Å². The van der Waals surface area contributed by atoms with E-state index in [9.17, 15) is 0 Å². The molecule has 0 aliphatic carbocycles. The molecule has 4 nitrogen and oxygen atoms in total. The molecule has 11 heavy (non-hydrogen) atoms. The van der Waals surface area contributed by atoms with Crippen LogP contribution in [0.1, 0.15) is 0 Å². The molecular weight excluding hydrogens is 148 g/mol. The van der Waals surface area contributed by atoms with Crippen LogP contribution in [-0.4, -0.2) is 48.4 Å². The molecule has 0 radical (unpaired) electrons. The van der Waals surface area contributed by atoms with E-state index in [0.717, 1.165) is 0 Å². The number of methoxy groups -OCH3 is 1. The minimum atomic E-state index is -0.954. The van der Waals surface area contributed by atoms with Gasteiger partial charge in [0.1, 0.15) is 6.10 Å². The molecule has 0 aromatic rings. The third-order valence-corrected chi connectivity index (χ3v) is 0.706. The predicted octanol–water partition coefficient (Wildman–Crippen LogP) is -0.849. The van der Waals surface area contributed by atoms with Gasteiger partial charge in [-0.15, -0.1) is 6.58 Å². The van der Waals surface area contributed by atoms with Crippen molar-refractivity contribution in [2.24, 2.45) is 0 Å². The van der Waals surface area contributed by atoms with E-state index in [0.29, 0.717) is 6.61 Å². The highest BCUT2D eigenvalue weighted by Crippen LogP contribution is 1.71. The lowest BCUT2D eigenvalue weighted by Crippen LogP contribution is -2.15. The summed E-state index contributed by atoms with van der Waals surface area (Å²) in [6, 6.07) is 0. The van der Waals surface area contributed by atoms with E-state index in [2.05, 4.69) is 11.3 Å². The van der Waals surface area contributed by atoms with Gasteiger partial charge in [0.15, 0.2) is 0 Å². The van der Waals surface area contributed by atoms with Gasteiger partial charge in [-0.05, 0) is 0 Å². The van der Waals surface area contributed by atoms with Crippen LogP contribution < -0.4 is 0 Å². The fourth-order valence-electron chi connectivity index (χ4n) is 0.176. The quantitative estimate of drug-likeness (QED) is 0.473. The number of aliphatic hydroxyl groups is 3. The van der Waals surface area contributed by atoms with Gasteiger partial charge in [0, 0.05) is 7.11 Å². The minimum absolute atomic E-state index is 0.365. The molecule has 4 heteroatoms. The highest BCUT2D eigenvalue weighted by Gasteiger charge is 1.93. The summed E-state index contributed by atoms with van der Waals surface area (Å²) in [7, 11) is 1.64. The second-order valence-corrected chi connectivity index (χ2v) is 1.76. The van der Waals surface area contributed by atoms with Gasteiger partial charge < -0.3 is 20.1 Å². The van der Waals surface area contributed by atoms with Crippen LogP contribution in [0.2, 0.25) is 0 Å². The van der Waals surface area contributed by atoms with Crippen LogP contribution in [0.5, 0.6) is 0 Å². The van der Waals surface area contributed by atoms with Gasteiger partial charge in [-0.2, -0.15) is 0 Å². The summed E-state index contributed by atoms with van der Waals surface area (Å²) in [6.07, 6.45) is 0.755. The first-order chi connectivity index (χ1) is 5.22. The zero-order valence-corrected chi connectivity index (χ0v) is 6.73. The van der Waals surface area contributed by atoms with E-state index in [-0.39, 0.29) is 13.2 Å². The van der Waals surface area contributed by atoms with Crippen molar-refractivity contribution >= 4 is 0 Å². The molecule has 0 heterocycles. The molecule has 0 atom stereocenters. The molecule has 0 rings (SSSR count). The Bertz CT molecular complexity index is 70.8. The molecule has 0 saturated carbocycles. The Balaban J connectivity index is 0. The summed E-state index contributed by atoms with van der Waals surface area (Å²) in [5.41, 5.74) is 0. The molecule has 0 saturated heterocycles. The summed E-state index contributed by atoms with van der Waals surface area (Å²) in [6.45, 7) is 3.35. The summed E-state index contributed by atoms with van der Waals surface area (Å²) >= 11 is 0. The first-order valence-corrected chi connectivity index (χ1v) is 3.22. The van der Waals surface area contributed by atoms with E-state index < -0.39 is 6.10 Å². The minimum Gasteiger partial charge on any atom is -0.394 e. The fraction of sp³-hybridized carbons (Fsp3) is 0.714. The lowest BCUT2D eigenvalue weighted by molar-refractivity contribution is 0.0450. The highest BCUT2D eigenvalue weighted by atomic mass is 16.5. The molecule has 0 aromatic carbocycles. The van der Waals surface area contributed by atoms with Crippen LogP contribution in [0.4, 0.5) is 0 Å². The summed E-state index contributed by atoms with van der Waals surface area (Å²) in [4.78, 5) is 0. The molecule has 0 unspecified atom stereocenters. The molecule has 68 valence electrons. The van der Waals surface area contributed by atoms with Crippen LogP contribution in [0.3, 0.4) is 0 Å². The summed E-state index contributed by atoms with van der Waals surface area (Å²) in [5, 5.41) is 24.0. The maximum atomic E-state index is 8.17. The van der Waals surface area contributed by atoms with Gasteiger partial charge in [-0.25, -0.2) is 0 Å². The van der Waals surface area contributed by atoms with Gasteiger partial charge in [0.25, 0.3) is 0 Å². The van der Waals surface area contributed by atoms with Crippen LogP contribution in [0.25, 0.3) is 0 Å². The highest BCUT2D eigenvalue weighted by molar-refractivity contribution is 4.62. The van der Waals surface area contributed by atoms with Crippen molar-refractivity contribution in [2.45, 2.75) is 6.10 Å². The maximum absolute atomic E-state index is 8.17. The normalized spacial score (nSPS) is 8.82. The molecule has 0 aromatic heterocycles. The van der Waals surface area contributed by atoms with Crippen LogP contribution >= 0.6 is 0 Å². The Hall–Kier alpha value is -0.420. The third kappa shape index (κ3) is 17.7. The molecule has 0 spiro atoms. The first-order valence-electron chi connectivity index (χ1n) is 3.22. The van der Waals surface area contributed by atoms with Crippen LogP contribution in [0.15, 0.2) is 12.7 Å². The summed E-state index contributed by atoms with van der Waals surface area (Å²) in [5.74, 6) is 0. The topological polar surface area (TPSA) is 69.9 Å². The van der Waals surface area contributed by atoms with Crippen LogP contribution in [-0.2, 0) is 4.74 Å². The van der Waals surface area contributed by atoms with E-state index in [1.807, 2.05) is 0 Å². The van der Waals surface area contributed by atoms with Gasteiger partial charge in [0.05, 0.1) is 19.8 Å². The zero-order chi connectivity index (χ0) is 9.11. The maximum Gasteiger partial charge on any atom is 0.100 e. The Morgan fingerprint density at radius 2 is 1.91 bits per heavy atom. The standard InChI is InChI=1S/C4H8O.C3H8O3/c1-3-4-5-2;4-1-3(6)2-5/h3H,1,4H2,2H3;3-6H,1-2H2. The molecular formula is C7H16O4. The Morgan fingerprint density at radius 3 is 1.91 bits per heavy atom. The Labute approximate surface area is 66.7 Å². The van der Waals surface area contributed by atoms with Gasteiger partial charge >= 0.3 is 0 Å². The van der Waals surface area contributed by atoms with E-state index >= 15 is 0 Å². The van der Waals surface area contributed by atoms with Crippen molar-refractivity contribution in [3.8, 4) is 0 Å². The molecule has 0 aliphatic heterocycles. The van der Waals surface area contributed by atoms with Gasteiger partial charge in [-0.3, -0.25) is 0 Å². The van der Waals surface area contributed by atoms with E-state index in [1.54, 1.807) is 13.2 Å². The average Bonchev–Trinajstić information content (AvgIpc) is 2.06. The summed E-state index contributed by atoms with van der Waals surface area (Å²) < 4.78 is 4.57. The monoisotopic (exact) mass is 164 g/mol. The lowest BCUT2D eigenvalue weighted by atomic mass is 10.4. The van der Waals surface area contributed by atoms with Crippen molar-refractivity contribution in [2.75, 3.05) is 26.9 Å². The Kier molecular flexibility index (Phi) is 14.7. The molecule has 3 N–H and O–H groups in total. The van der Waals surface area contributed by atoms with Crippen molar-refractivity contribution in [1.82, 2.24) is 0 Å². The number of aliphatic hydroxyl groups excluding tert-OH is 3. The van der Waals surface area contributed by atoms with Crippen LogP contribution in [0, 0.1) is 0 Å². The number of rotatable bonds is 4. The third-order valence-electron chi connectivity index (χ3n) is 0.706. The number of hydrogen-bond acceptors (Lipinski definition) is 4. The second kappa shape index (κ2) is 12.3.